The molecule has 7 heteroatoms. The fraction of sp³-hybridized carbons (Fsp3) is 0.231. The third kappa shape index (κ3) is 2.63. The van der Waals surface area contributed by atoms with Crippen LogP contribution in [0.3, 0.4) is 0 Å². The van der Waals surface area contributed by atoms with Gasteiger partial charge in [0.05, 0.1) is 13.2 Å². The Kier molecular flexibility index (Phi) is 3.15. The highest BCUT2D eigenvalue weighted by Crippen LogP contribution is 2.28. The Balaban J connectivity index is 1.69. The molecule has 0 radical (unpaired) electrons. The van der Waals surface area contributed by atoms with Crippen LogP contribution in [-0.2, 0) is 23.0 Å². The van der Waals surface area contributed by atoms with Crippen LogP contribution >= 0.6 is 0 Å². The summed E-state index contributed by atoms with van der Waals surface area (Å²) in [5.41, 5.74) is 2.10. The van der Waals surface area contributed by atoms with E-state index in [1.165, 1.54) is 11.6 Å². The van der Waals surface area contributed by atoms with Gasteiger partial charge in [-0.05, 0) is 35.9 Å². The second kappa shape index (κ2) is 4.84. The normalized spacial score (nSPS) is 13.8. The summed E-state index contributed by atoms with van der Waals surface area (Å²) in [5, 5.41) is 7.93. The Hall–Kier alpha value is -1.99. The molecule has 0 amide bonds. The predicted octanol–water partition coefficient (Wildman–Crippen LogP) is 1.47. The van der Waals surface area contributed by atoms with Gasteiger partial charge in [-0.15, -0.1) is 0 Å². The van der Waals surface area contributed by atoms with E-state index < -0.39 is 10.0 Å². The Morgan fingerprint density at radius 2 is 2.10 bits per heavy atom. The summed E-state index contributed by atoms with van der Waals surface area (Å²) in [6, 6.07) is 8.79. The van der Waals surface area contributed by atoms with Gasteiger partial charge in [-0.2, -0.15) is 0 Å². The average Bonchev–Trinajstić information content (AvgIpc) is 3.04. The van der Waals surface area contributed by atoms with Crippen molar-refractivity contribution in [2.75, 3.05) is 11.9 Å². The zero-order valence-corrected chi connectivity index (χ0v) is 11.4. The molecule has 0 saturated carbocycles. The van der Waals surface area contributed by atoms with Gasteiger partial charge in [0.15, 0.2) is 0 Å². The second-order valence-corrected chi connectivity index (χ2v) is 6.03. The first-order chi connectivity index (χ1) is 9.52. The molecule has 3 rings (SSSR count). The molecule has 3 N–H and O–H groups in total. The van der Waals surface area contributed by atoms with E-state index in [4.69, 9.17) is 14.3 Å². The lowest BCUT2D eigenvalue weighted by atomic mass is 10.1. The summed E-state index contributed by atoms with van der Waals surface area (Å²) in [7, 11) is -3.78. The number of primary sulfonamides is 1. The number of nitrogens with one attached hydrogen (secondary N) is 1. The first kappa shape index (κ1) is 13.0. The molecular formula is C13H14N2O4S. The highest BCUT2D eigenvalue weighted by Gasteiger charge is 2.14. The summed E-state index contributed by atoms with van der Waals surface area (Å²) >= 11 is 0. The van der Waals surface area contributed by atoms with Gasteiger partial charge in [0.25, 0.3) is 10.0 Å². The molecule has 0 spiro atoms. The molecule has 0 aliphatic carbocycles. The highest BCUT2D eigenvalue weighted by molar-refractivity contribution is 7.89. The lowest BCUT2D eigenvalue weighted by Gasteiger charge is -2.06. The lowest BCUT2D eigenvalue weighted by Crippen LogP contribution is -2.10. The maximum Gasteiger partial charge on any atom is 0.271 e. The standard InChI is InChI=1S/C13H14N2O4S/c14-20(16,17)13-4-2-11(19-13)8-15-10-1-3-12-9(7-10)5-6-18-12/h1-4,7,15H,5-6,8H2,(H2,14,16,17). The number of nitrogens with two attached hydrogens (primary N) is 1. The lowest BCUT2D eigenvalue weighted by molar-refractivity contribution is 0.357. The third-order valence-corrected chi connectivity index (χ3v) is 3.85. The van der Waals surface area contributed by atoms with Crippen LogP contribution in [0.15, 0.2) is 39.8 Å². The quantitative estimate of drug-likeness (QED) is 0.890. The van der Waals surface area contributed by atoms with Crippen LogP contribution in [0.4, 0.5) is 5.69 Å². The Bertz CT molecular complexity index is 737. The summed E-state index contributed by atoms with van der Waals surface area (Å²) in [4.78, 5) is 0. The number of rotatable bonds is 4. The first-order valence-electron chi connectivity index (χ1n) is 6.13. The molecule has 0 fully saturated rings. The minimum absolute atomic E-state index is 0.225. The molecule has 2 heterocycles. The number of sulfonamides is 1. The number of ether oxygens (including phenoxy) is 1. The van der Waals surface area contributed by atoms with Crippen molar-refractivity contribution in [1.82, 2.24) is 0 Å². The van der Waals surface area contributed by atoms with Crippen molar-refractivity contribution in [2.45, 2.75) is 18.1 Å². The minimum Gasteiger partial charge on any atom is -0.493 e. The third-order valence-electron chi connectivity index (χ3n) is 3.07. The zero-order chi connectivity index (χ0) is 14.2. The second-order valence-electron chi connectivity index (χ2n) is 4.54. The van der Waals surface area contributed by atoms with Crippen molar-refractivity contribution in [3.05, 3.63) is 41.7 Å². The number of fused-ring (bicyclic) bond motifs is 1. The van der Waals surface area contributed by atoms with Crippen LogP contribution in [0.2, 0.25) is 0 Å². The van der Waals surface area contributed by atoms with Crippen LogP contribution in [-0.4, -0.2) is 15.0 Å². The van der Waals surface area contributed by atoms with Gasteiger partial charge < -0.3 is 14.5 Å². The molecule has 1 aliphatic heterocycles. The Labute approximate surface area is 116 Å². The zero-order valence-electron chi connectivity index (χ0n) is 10.6. The molecule has 0 bridgehead atoms. The smallest absolute Gasteiger partial charge is 0.271 e. The summed E-state index contributed by atoms with van der Waals surface area (Å²) in [5.74, 6) is 1.43. The van der Waals surface area contributed by atoms with Gasteiger partial charge in [0, 0.05) is 12.1 Å². The van der Waals surface area contributed by atoms with E-state index in [1.54, 1.807) is 6.07 Å². The largest absolute Gasteiger partial charge is 0.493 e. The van der Waals surface area contributed by atoms with Gasteiger partial charge >= 0.3 is 0 Å². The van der Waals surface area contributed by atoms with Crippen LogP contribution in [0.25, 0.3) is 0 Å². The van der Waals surface area contributed by atoms with Gasteiger partial charge in [0.1, 0.15) is 11.5 Å². The highest BCUT2D eigenvalue weighted by atomic mass is 32.2. The predicted molar refractivity (Wildman–Crippen MR) is 73.0 cm³/mol. The van der Waals surface area contributed by atoms with Gasteiger partial charge in [-0.1, -0.05) is 0 Å². The van der Waals surface area contributed by atoms with Crippen molar-refractivity contribution in [2.24, 2.45) is 5.14 Å². The molecule has 0 unspecified atom stereocenters. The van der Waals surface area contributed by atoms with E-state index in [9.17, 15) is 8.42 Å². The minimum atomic E-state index is -3.78. The Morgan fingerprint density at radius 3 is 2.85 bits per heavy atom. The van der Waals surface area contributed by atoms with E-state index in [0.29, 0.717) is 18.9 Å². The summed E-state index contributed by atoms with van der Waals surface area (Å²) in [6.45, 7) is 1.10. The SMILES string of the molecule is NS(=O)(=O)c1ccc(CNc2ccc3c(c2)CCO3)o1. The Morgan fingerprint density at radius 1 is 1.25 bits per heavy atom. The molecule has 0 saturated heterocycles. The first-order valence-corrected chi connectivity index (χ1v) is 7.68. The van der Waals surface area contributed by atoms with Crippen LogP contribution in [0.1, 0.15) is 11.3 Å². The summed E-state index contributed by atoms with van der Waals surface area (Å²) in [6.07, 6.45) is 0.904. The van der Waals surface area contributed by atoms with Crippen molar-refractivity contribution >= 4 is 15.7 Å². The van der Waals surface area contributed by atoms with Crippen LogP contribution < -0.4 is 15.2 Å². The van der Waals surface area contributed by atoms with Gasteiger partial charge in [-0.25, -0.2) is 13.6 Å². The number of hydrogen-bond donors (Lipinski definition) is 2. The molecule has 1 aliphatic rings. The van der Waals surface area contributed by atoms with Gasteiger partial charge in [-0.3, -0.25) is 0 Å². The molecular weight excluding hydrogens is 280 g/mol. The number of anilines is 1. The molecule has 1 aromatic heterocycles. The maximum absolute atomic E-state index is 11.1. The van der Waals surface area contributed by atoms with E-state index in [-0.39, 0.29) is 5.09 Å². The van der Waals surface area contributed by atoms with Crippen molar-refractivity contribution in [3.8, 4) is 5.75 Å². The van der Waals surface area contributed by atoms with E-state index in [1.807, 2.05) is 18.2 Å². The van der Waals surface area contributed by atoms with Crippen molar-refractivity contribution in [1.29, 1.82) is 0 Å². The fourth-order valence-corrected chi connectivity index (χ4v) is 2.57. The molecule has 0 atom stereocenters. The van der Waals surface area contributed by atoms with Crippen LogP contribution in [0.5, 0.6) is 5.75 Å². The van der Waals surface area contributed by atoms with Crippen molar-refractivity contribution < 1.29 is 17.6 Å². The molecule has 106 valence electrons. The monoisotopic (exact) mass is 294 g/mol. The molecule has 20 heavy (non-hydrogen) atoms. The number of hydrogen-bond acceptors (Lipinski definition) is 5. The average molecular weight is 294 g/mol. The van der Waals surface area contributed by atoms with Crippen LogP contribution in [0, 0.1) is 0 Å². The summed E-state index contributed by atoms with van der Waals surface area (Å²) < 4.78 is 32.8. The topological polar surface area (TPSA) is 94.6 Å². The van der Waals surface area contributed by atoms with E-state index in [0.717, 1.165) is 17.9 Å². The molecule has 2 aromatic rings. The van der Waals surface area contributed by atoms with Gasteiger partial charge in [0.2, 0.25) is 5.09 Å². The number of benzene rings is 1. The number of furan rings is 1. The molecule has 1 aromatic carbocycles. The van der Waals surface area contributed by atoms with E-state index in [2.05, 4.69) is 5.32 Å². The maximum atomic E-state index is 11.1. The fourth-order valence-electron chi connectivity index (χ4n) is 2.09. The molecule has 6 nitrogen and oxygen atoms in total. The van der Waals surface area contributed by atoms with E-state index >= 15 is 0 Å². The van der Waals surface area contributed by atoms with Crippen molar-refractivity contribution in [3.63, 3.8) is 0 Å².